The Bertz CT molecular complexity index is 498. The van der Waals surface area contributed by atoms with Crippen molar-refractivity contribution in [1.82, 2.24) is 20.0 Å². The molecule has 1 unspecified atom stereocenters. The fourth-order valence-electron chi connectivity index (χ4n) is 1.96. The van der Waals surface area contributed by atoms with Gasteiger partial charge < -0.3 is 16.0 Å². The van der Waals surface area contributed by atoms with Gasteiger partial charge in [-0.05, 0) is 33.7 Å². The number of hydrogen-bond donors (Lipinski definition) is 2. The van der Waals surface area contributed by atoms with Crippen LogP contribution in [0, 0.1) is 6.92 Å². The van der Waals surface area contributed by atoms with E-state index in [1.54, 1.807) is 23.6 Å². The van der Waals surface area contributed by atoms with Crippen molar-refractivity contribution in [3.63, 3.8) is 0 Å². The molecule has 0 saturated heterocycles. The second-order valence-electron chi connectivity index (χ2n) is 5.06. The molecule has 0 fully saturated rings. The van der Waals surface area contributed by atoms with Crippen LogP contribution in [0.3, 0.4) is 0 Å². The highest BCUT2D eigenvalue weighted by molar-refractivity contribution is 5.98. The molecule has 2 amide bonds. The van der Waals surface area contributed by atoms with Gasteiger partial charge in [0.15, 0.2) is 0 Å². The first-order valence-corrected chi connectivity index (χ1v) is 7.20. The molecule has 21 heavy (non-hydrogen) atoms. The first kappa shape index (κ1) is 17.2. The maximum Gasteiger partial charge on any atom is 0.255 e. The molecule has 1 rings (SSSR count). The summed E-state index contributed by atoms with van der Waals surface area (Å²) in [4.78, 5) is 25.7. The monoisotopic (exact) mass is 295 g/mol. The van der Waals surface area contributed by atoms with Crippen LogP contribution in [0.15, 0.2) is 6.20 Å². The van der Waals surface area contributed by atoms with Crippen LogP contribution in [-0.4, -0.2) is 52.7 Å². The van der Waals surface area contributed by atoms with E-state index >= 15 is 0 Å². The molecule has 1 heterocycles. The fourth-order valence-corrected chi connectivity index (χ4v) is 1.96. The number of aryl methyl sites for hydroxylation is 1. The van der Waals surface area contributed by atoms with Crippen molar-refractivity contribution < 1.29 is 9.59 Å². The summed E-state index contributed by atoms with van der Waals surface area (Å²) in [6.45, 7) is 7.27. The average molecular weight is 295 g/mol. The summed E-state index contributed by atoms with van der Waals surface area (Å²) in [6, 6.07) is -0.561. The zero-order valence-corrected chi connectivity index (χ0v) is 13.2. The minimum atomic E-state index is -0.561. The highest BCUT2D eigenvalue weighted by atomic mass is 16.2. The van der Waals surface area contributed by atoms with Crippen LogP contribution in [0.25, 0.3) is 0 Å². The Labute approximate surface area is 125 Å². The van der Waals surface area contributed by atoms with Crippen molar-refractivity contribution in [2.75, 3.05) is 20.1 Å². The molecule has 1 atom stereocenters. The van der Waals surface area contributed by atoms with Crippen LogP contribution in [0.1, 0.15) is 36.3 Å². The number of nitrogens with one attached hydrogen (secondary N) is 1. The second kappa shape index (κ2) is 7.78. The minimum absolute atomic E-state index is 0.112. The molecule has 7 heteroatoms. The van der Waals surface area contributed by atoms with Crippen molar-refractivity contribution in [2.24, 2.45) is 5.73 Å². The summed E-state index contributed by atoms with van der Waals surface area (Å²) < 4.78 is 1.76. The van der Waals surface area contributed by atoms with Crippen molar-refractivity contribution in [3.05, 3.63) is 17.5 Å². The van der Waals surface area contributed by atoms with E-state index in [0.717, 1.165) is 12.1 Å². The van der Waals surface area contributed by atoms with Gasteiger partial charge in [0.25, 0.3) is 5.91 Å². The van der Waals surface area contributed by atoms with E-state index < -0.39 is 6.04 Å². The number of carbonyl (C=O) groups excluding carboxylic acids is 2. The van der Waals surface area contributed by atoms with Crippen molar-refractivity contribution in [3.8, 4) is 0 Å². The predicted octanol–water partition coefficient (Wildman–Crippen LogP) is 0.137. The van der Waals surface area contributed by atoms with Gasteiger partial charge in [0, 0.05) is 25.8 Å². The van der Waals surface area contributed by atoms with E-state index in [-0.39, 0.29) is 11.8 Å². The summed E-state index contributed by atoms with van der Waals surface area (Å²) in [5.41, 5.74) is 6.74. The molecule has 0 aromatic carbocycles. The molecule has 7 nitrogen and oxygen atoms in total. The smallest absolute Gasteiger partial charge is 0.255 e. The Kier molecular flexibility index (Phi) is 6.36. The van der Waals surface area contributed by atoms with Crippen molar-refractivity contribution in [1.29, 1.82) is 0 Å². The molecule has 0 aliphatic rings. The van der Waals surface area contributed by atoms with Gasteiger partial charge in [0.2, 0.25) is 5.91 Å². The first-order valence-electron chi connectivity index (χ1n) is 7.20. The van der Waals surface area contributed by atoms with E-state index in [4.69, 9.17) is 5.73 Å². The van der Waals surface area contributed by atoms with Gasteiger partial charge in [-0.1, -0.05) is 0 Å². The topological polar surface area (TPSA) is 93.2 Å². The Hall–Kier alpha value is -1.89. The molecular weight excluding hydrogens is 270 g/mol. The number of likely N-dealkylation sites (N-methyl/N-ethyl adjacent to an activating group) is 1. The number of nitrogens with zero attached hydrogens (tertiary/aromatic N) is 3. The Morgan fingerprint density at radius 3 is 2.76 bits per heavy atom. The van der Waals surface area contributed by atoms with Gasteiger partial charge in [-0.2, -0.15) is 5.10 Å². The van der Waals surface area contributed by atoms with Gasteiger partial charge in [0.1, 0.15) is 6.04 Å². The molecule has 1 aromatic rings. The van der Waals surface area contributed by atoms with Crippen LogP contribution in [0.2, 0.25) is 0 Å². The number of hydrogen-bond acceptors (Lipinski definition) is 4. The van der Waals surface area contributed by atoms with E-state index in [1.165, 1.54) is 6.20 Å². The lowest BCUT2D eigenvalue weighted by atomic mass is 10.2. The zero-order chi connectivity index (χ0) is 16.0. The lowest BCUT2D eigenvalue weighted by Crippen LogP contribution is -2.45. The number of amides is 2. The predicted molar refractivity (Wildman–Crippen MR) is 80.9 cm³/mol. The number of carbonyl (C=O) groups is 2. The maximum absolute atomic E-state index is 12.2. The summed E-state index contributed by atoms with van der Waals surface area (Å²) >= 11 is 0. The summed E-state index contributed by atoms with van der Waals surface area (Å²) in [5, 5.41) is 6.90. The second-order valence-corrected chi connectivity index (χ2v) is 5.06. The van der Waals surface area contributed by atoms with Crippen LogP contribution >= 0.6 is 0 Å². The van der Waals surface area contributed by atoms with Crippen LogP contribution in [-0.2, 0) is 11.3 Å². The SMILES string of the molecule is CCN(C)C(=O)C(C)NC(=O)c1cnn(CCCN)c1C. The zero-order valence-electron chi connectivity index (χ0n) is 13.2. The van der Waals surface area contributed by atoms with E-state index in [9.17, 15) is 9.59 Å². The number of aromatic nitrogens is 2. The third-order valence-electron chi connectivity index (χ3n) is 3.49. The Morgan fingerprint density at radius 2 is 2.19 bits per heavy atom. The third-order valence-corrected chi connectivity index (χ3v) is 3.49. The van der Waals surface area contributed by atoms with Gasteiger partial charge in [-0.3, -0.25) is 14.3 Å². The molecule has 1 aromatic heterocycles. The molecule has 0 aliphatic heterocycles. The van der Waals surface area contributed by atoms with Crippen LogP contribution in [0.4, 0.5) is 0 Å². The lowest BCUT2D eigenvalue weighted by molar-refractivity contribution is -0.131. The molecule has 3 N–H and O–H groups in total. The van der Waals surface area contributed by atoms with Gasteiger partial charge in [-0.25, -0.2) is 0 Å². The first-order chi connectivity index (χ1) is 9.92. The molecule has 0 spiro atoms. The van der Waals surface area contributed by atoms with E-state index in [0.29, 0.717) is 25.2 Å². The van der Waals surface area contributed by atoms with Gasteiger partial charge in [0.05, 0.1) is 11.8 Å². The normalized spacial score (nSPS) is 12.0. The Morgan fingerprint density at radius 1 is 1.52 bits per heavy atom. The molecule has 118 valence electrons. The molecule has 0 radical (unpaired) electrons. The standard InChI is InChI=1S/C14H25N5O2/c1-5-18(4)14(21)10(2)17-13(20)12-9-16-19(11(12)3)8-6-7-15/h9-10H,5-8,15H2,1-4H3,(H,17,20). The van der Waals surface area contributed by atoms with Crippen molar-refractivity contribution in [2.45, 2.75) is 39.8 Å². The molecule has 0 bridgehead atoms. The van der Waals surface area contributed by atoms with E-state index in [2.05, 4.69) is 10.4 Å². The fraction of sp³-hybridized carbons (Fsp3) is 0.643. The van der Waals surface area contributed by atoms with Crippen molar-refractivity contribution >= 4 is 11.8 Å². The number of rotatable bonds is 7. The number of nitrogens with two attached hydrogens (primary N) is 1. The summed E-state index contributed by atoms with van der Waals surface area (Å²) in [5.74, 6) is -0.393. The molecule has 0 saturated carbocycles. The van der Waals surface area contributed by atoms with Crippen LogP contribution in [0.5, 0.6) is 0 Å². The van der Waals surface area contributed by atoms with Gasteiger partial charge >= 0.3 is 0 Å². The molecular formula is C14H25N5O2. The largest absolute Gasteiger partial charge is 0.344 e. The third kappa shape index (κ3) is 4.29. The maximum atomic E-state index is 12.2. The lowest BCUT2D eigenvalue weighted by Gasteiger charge is -2.20. The van der Waals surface area contributed by atoms with Crippen LogP contribution < -0.4 is 11.1 Å². The quantitative estimate of drug-likeness (QED) is 0.748. The minimum Gasteiger partial charge on any atom is -0.344 e. The van der Waals surface area contributed by atoms with Gasteiger partial charge in [-0.15, -0.1) is 0 Å². The summed E-state index contributed by atoms with van der Waals surface area (Å²) in [6.07, 6.45) is 2.33. The Balaban J connectivity index is 2.72. The highest BCUT2D eigenvalue weighted by Crippen LogP contribution is 2.08. The molecule has 0 aliphatic carbocycles. The summed E-state index contributed by atoms with van der Waals surface area (Å²) in [7, 11) is 1.71. The average Bonchev–Trinajstić information content (AvgIpc) is 2.84. The highest BCUT2D eigenvalue weighted by Gasteiger charge is 2.21. The van der Waals surface area contributed by atoms with E-state index in [1.807, 2.05) is 13.8 Å².